The van der Waals surface area contributed by atoms with E-state index in [1.54, 1.807) is 14.0 Å². The van der Waals surface area contributed by atoms with Crippen LogP contribution in [0.4, 0.5) is 0 Å². The van der Waals surface area contributed by atoms with E-state index in [2.05, 4.69) is 5.32 Å². The van der Waals surface area contributed by atoms with Crippen molar-refractivity contribution in [3.05, 3.63) is 29.8 Å². The molecule has 0 spiro atoms. The van der Waals surface area contributed by atoms with E-state index in [1.165, 1.54) is 0 Å². The molecule has 4 heteroatoms. The van der Waals surface area contributed by atoms with Crippen LogP contribution in [0.3, 0.4) is 0 Å². The summed E-state index contributed by atoms with van der Waals surface area (Å²) in [4.78, 5) is 12.4. The molecule has 4 nitrogen and oxygen atoms in total. The van der Waals surface area contributed by atoms with Crippen LogP contribution in [-0.2, 0) is 4.79 Å². The number of carbonyl (C=O) groups is 1. The van der Waals surface area contributed by atoms with Gasteiger partial charge in [-0.05, 0) is 37.0 Å². The summed E-state index contributed by atoms with van der Waals surface area (Å²) in [5, 5.41) is 13.3. The summed E-state index contributed by atoms with van der Waals surface area (Å²) in [5.41, 5.74) is 0.0757. The zero-order valence-corrected chi connectivity index (χ0v) is 14.3. The van der Waals surface area contributed by atoms with Crippen molar-refractivity contribution in [2.24, 2.45) is 5.92 Å². The molecule has 0 saturated carbocycles. The van der Waals surface area contributed by atoms with E-state index < -0.39 is 5.60 Å². The van der Waals surface area contributed by atoms with Gasteiger partial charge in [0, 0.05) is 6.54 Å². The predicted molar refractivity (Wildman–Crippen MR) is 89.1 cm³/mol. The maximum absolute atomic E-state index is 12.4. The molecule has 0 bridgehead atoms. The first-order valence-corrected chi connectivity index (χ1v) is 7.99. The van der Waals surface area contributed by atoms with E-state index in [9.17, 15) is 9.90 Å². The molecule has 1 rings (SSSR count). The van der Waals surface area contributed by atoms with Crippen LogP contribution in [0.1, 0.15) is 52.0 Å². The summed E-state index contributed by atoms with van der Waals surface area (Å²) in [7, 11) is 1.62. The predicted octanol–water partition coefficient (Wildman–Crippen LogP) is 3.10. The zero-order chi connectivity index (χ0) is 16.8. The van der Waals surface area contributed by atoms with Crippen molar-refractivity contribution in [3.63, 3.8) is 0 Å². The minimum Gasteiger partial charge on any atom is -0.497 e. The normalized spacial score (nSPS) is 16.5. The molecule has 2 N–H and O–H groups in total. The molecule has 0 aromatic heterocycles. The summed E-state index contributed by atoms with van der Waals surface area (Å²) >= 11 is 0. The lowest BCUT2D eigenvalue weighted by Crippen LogP contribution is -2.46. The number of methoxy groups -OCH3 is 1. The molecule has 1 aromatic carbocycles. The summed E-state index contributed by atoms with van der Waals surface area (Å²) < 4.78 is 5.14. The highest BCUT2D eigenvalue weighted by Crippen LogP contribution is 2.23. The SMILES string of the molecule is CCC(C(=O)NCC(C)(O)C(C)CC)c1ccc(OC)cc1. The number of aliphatic hydroxyl groups is 1. The van der Waals surface area contributed by atoms with Crippen molar-refractivity contribution in [2.75, 3.05) is 13.7 Å². The van der Waals surface area contributed by atoms with Crippen LogP contribution < -0.4 is 10.1 Å². The lowest BCUT2D eigenvalue weighted by atomic mass is 9.88. The van der Waals surface area contributed by atoms with Gasteiger partial charge in [0.25, 0.3) is 0 Å². The monoisotopic (exact) mass is 307 g/mol. The molecule has 0 fully saturated rings. The number of rotatable bonds is 8. The van der Waals surface area contributed by atoms with E-state index in [0.717, 1.165) is 17.7 Å². The van der Waals surface area contributed by atoms with Crippen molar-refractivity contribution < 1.29 is 14.6 Å². The van der Waals surface area contributed by atoms with Gasteiger partial charge in [0.2, 0.25) is 5.91 Å². The van der Waals surface area contributed by atoms with Gasteiger partial charge in [0.15, 0.2) is 0 Å². The lowest BCUT2D eigenvalue weighted by Gasteiger charge is -2.30. The van der Waals surface area contributed by atoms with Gasteiger partial charge in [-0.3, -0.25) is 4.79 Å². The molecular formula is C18H29NO3. The topological polar surface area (TPSA) is 58.6 Å². The molecule has 0 aliphatic heterocycles. The molecule has 22 heavy (non-hydrogen) atoms. The Morgan fingerprint density at radius 1 is 1.27 bits per heavy atom. The third-order valence-electron chi connectivity index (χ3n) is 4.54. The maximum Gasteiger partial charge on any atom is 0.227 e. The second-order valence-corrected chi connectivity index (χ2v) is 6.12. The highest BCUT2D eigenvalue weighted by atomic mass is 16.5. The van der Waals surface area contributed by atoms with Crippen LogP contribution in [0.25, 0.3) is 0 Å². The van der Waals surface area contributed by atoms with Gasteiger partial charge in [-0.15, -0.1) is 0 Å². The smallest absolute Gasteiger partial charge is 0.227 e. The fourth-order valence-corrected chi connectivity index (χ4v) is 2.41. The first-order chi connectivity index (χ1) is 10.4. The van der Waals surface area contributed by atoms with Crippen LogP contribution >= 0.6 is 0 Å². The Kier molecular flexibility index (Phi) is 6.88. The minimum atomic E-state index is -0.886. The molecule has 1 amide bonds. The van der Waals surface area contributed by atoms with Crippen LogP contribution in [-0.4, -0.2) is 30.3 Å². The third-order valence-corrected chi connectivity index (χ3v) is 4.54. The second kappa shape index (κ2) is 8.18. The number of ether oxygens (including phenoxy) is 1. The minimum absolute atomic E-state index is 0.0451. The first-order valence-electron chi connectivity index (χ1n) is 7.99. The summed E-state index contributed by atoms with van der Waals surface area (Å²) in [5.74, 6) is 0.655. The van der Waals surface area contributed by atoms with E-state index >= 15 is 0 Å². The highest BCUT2D eigenvalue weighted by Gasteiger charge is 2.29. The molecular weight excluding hydrogens is 278 g/mol. The Bertz CT molecular complexity index is 468. The molecule has 124 valence electrons. The van der Waals surface area contributed by atoms with Gasteiger partial charge in [-0.25, -0.2) is 0 Å². The molecule has 0 radical (unpaired) electrons. The van der Waals surface area contributed by atoms with Crippen molar-refractivity contribution >= 4 is 5.91 Å². The van der Waals surface area contributed by atoms with Crippen LogP contribution in [0, 0.1) is 5.92 Å². The standard InChI is InChI=1S/C18H29NO3/c1-6-13(3)18(4,21)12-19-17(20)16(7-2)14-8-10-15(22-5)11-9-14/h8-11,13,16,21H,6-7,12H2,1-5H3,(H,19,20). The van der Waals surface area contributed by atoms with Crippen LogP contribution in [0.5, 0.6) is 5.75 Å². The van der Waals surface area contributed by atoms with Crippen LogP contribution in [0.2, 0.25) is 0 Å². The molecule has 1 aromatic rings. The molecule has 3 unspecified atom stereocenters. The summed E-state index contributed by atoms with van der Waals surface area (Å²) in [6.07, 6.45) is 1.59. The first kappa shape index (κ1) is 18.5. The van der Waals surface area contributed by atoms with Crippen molar-refractivity contribution in [2.45, 2.75) is 52.1 Å². The number of hydrogen-bond acceptors (Lipinski definition) is 3. The van der Waals surface area contributed by atoms with Gasteiger partial charge < -0.3 is 15.2 Å². The average Bonchev–Trinajstić information content (AvgIpc) is 2.53. The number of benzene rings is 1. The van der Waals surface area contributed by atoms with Crippen molar-refractivity contribution in [1.29, 1.82) is 0 Å². The van der Waals surface area contributed by atoms with Gasteiger partial charge in [-0.2, -0.15) is 0 Å². The number of amides is 1. The quantitative estimate of drug-likeness (QED) is 0.776. The Morgan fingerprint density at radius 3 is 2.32 bits per heavy atom. The van der Waals surface area contributed by atoms with E-state index in [0.29, 0.717) is 6.42 Å². The molecule has 0 aliphatic carbocycles. The van der Waals surface area contributed by atoms with Gasteiger partial charge in [0.05, 0.1) is 18.6 Å². The Hall–Kier alpha value is -1.55. The summed E-state index contributed by atoms with van der Waals surface area (Å²) in [6.45, 7) is 8.06. The van der Waals surface area contributed by atoms with Gasteiger partial charge in [0.1, 0.15) is 5.75 Å². The van der Waals surface area contributed by atoms with Crippen molar-refractivity contribution in [1.82, 2.24) is 5.32 Å². The van der Waals surface area contributed by atoms with E-state index in [1.807, 2.05) is 45.0 Å². The number of carbonyl (C=O) groups excluding carboxylic acids is 1. The molecule has 0 heterocycles. The fourth-order valence-electron chi connectivity index (χ4n) is 2.41. The average molecular weight is 307 g/mol. The Balaban J connectivity index is 2.72. The highest BCUT2D eigenvalue weighted by molar-refractivity contribution is 5.83. The molecule has 0 saturated heterocycles. The zero-order valence-electron chi connectivity index (χ0n) is 14.3. The van der Waals surface area contributed by atoms with Gasteiger partial charge >= 0.3 is 0 Å². The summed E-state index contributed by atoms with van der Waals surface area (Å²) in [6, 6.07) is 7.56. The van der Waals surface area contributed by atoms with Crippen molar-refractivity contribution in [3.8, 4) is 5.75 Å². The second-order valence-electron chi connectivity index (χ2n) is 6.12. The van der Waals surface area contributed by atoms with Crippen LogP contribution in [0.15, 0.2) is 24.3 Å². The van der Waals surface area contributed by atoms with Gasteiger partial charge in [-0.1, -0.05) is 39.3 Å². The lowest BCUT2D eigenvalue weighted by molar-refractivity contribution is -0.124. The Morgan fingerprint density at radius 2 is 1.86 bits per heavy atom. The largest absolute Gasteiger partial charge is 0.497 e. The number of nitrogens with one attached hydrogen (secondary N) is 1. The Labute approximate surface area is 133 Å². The third kappa shape index (κ3) is 4.73. The molecule has 3 atom stereocenters. The fraction of sp³-hybridized carbons (Fsp3) is 0.611. The van der Waals surface area contributed by atoms with E-state index in [-0.39, 0.29) is 24.3 Å². The molecule has 0 aliphatic rings. The number of hydrogen-bond donors (Lipinski definition) is 2. The van der Waals surface area contributed by atoms with E-state index in [4.69, 9.17) is 4.74 Å². The maximum atomic E-state index is 12.4.